The number of hydrogen-bond acceptors (Lipinski definition) is 6. The second-order valence-electron chi connectivity index (χ2n) is 6.14. The van der Waals surface area contributed by atoms with Crippen molar-refractivity contribution in [2.24, 2.45) is 0 Å². The number of anilines is 2. The summed E-state index contributed by atoms with van der Waals surface area (Å²) < 4.78 is 31.2. The van der Waals surface area contributed by atoms with Crippen LogP contribution in [0.15, 0.2) is 42.5 Å². The van der Waals surface area contributed by atoms with Gasteiger partial charge in [-0.1, -0.05) is 17.7 Å². The summed E-state index contributed by atoms with van der Waals surface area (Å²) >= 11 is 5.98. The van der Waals surface area contributed by atoms with Gasteiger partial charge in [0.15, 0.2) is 6.10 Å². The van der Waals surface area contributed by atoms with E-state index in [4.69, 9.17) is 16.3 Å². The Morgan fingerprint density at radius 1 is 1.32 bits per heavy atom. The van der Waals surface area contributed by atoms with Crippen molar-refractivity contribution in [3.05, 3.63) is 57.6 Å². The Balaban J connectivity index is 1.86. The number of benzene rings is 2. The molecular formula is C17H16ClN3O6S. The van der Waals surface area contributed by atoms with E-state index in [0.29, 0.717) is 5.02 Å². The molecule has 0 aliphatic carbocycles. The van der Waals surface area contributed by atoms with Crippen molar-refractivity contribution >= 4 is 44.6 Å². The third-order valence-electron chi connectivity index (χ3n) is 4.07. The monoisotopic (exact) mass is 425 g/mol. The number of fused-ring (bicyclic) bond motifs is 1. The lowest BCUT2D eigenvalue weighted by molar-refractivity contribution is -0.384. The van der Waals surface area contributed by atoms with E-state index in [1.54, 1.807) is 0 Å². The molecule has 1 aliphatic heterocycles. The van der Waals surface area contributed by atoms with Gasteiger partial charge in [-0.05, 0) is 24.3 Å². The molecule has 148 valence electrons. The van der Waals surface area contributed by atoms with Crippen LogP contribution in [-0.4, -0.2) is 38.2 Å². The number of halogens is 1. The van der Waals surface area contributed by atoms with Gasteiger partial charge in [-0.25, -0.2) is 8.42 Å². The maximum absolute atomic E-state index is 12.6. The summed E-state index contributed by atoms with van der Waals surface area (Å²) in [6.07, 6.45) is 0.146. The molecule has 28 heavy (non-hydrogen) atoms. The molecule has 1 N–H and O–H groups in total. The smallest absolute Gasteiger partial charge is 0.271 e. The number of nitro benzene ring substituents is 1. The van der Waals surface area contributed by atoms with Crippen molar-refractivity contribution < 1.29 is 22.9 Å². The van der Waals surface area contributed by atoms with Crippen molar-refractivity contribution in [2.75, 3.05) is 22.4 Å². The van der Waals surface area contributed by atoms with Crippen LogP contribution < -0.4 is 14.4 Å². The zero-order chi connectivity index (χ0) is 20.5. The Morgan fingerprint density at radius 3 is 2.75 bits per heavy atom. The van der Waals surface area contributed by atoms with Gasteiger partial charge in [-0.2, -0.15) is 0 Å². The number of nitrogens with zero attached hydrogens (tertiary/aromatic N) is 2. The molecule has 0 bridgehead atoms. The van der Waals surface area contributed by atoms with Gasteiger partial charge in [-0.3, -0.25) is 19.2 Å². The molecule has 0 spiro atoms. The average Bonchev–Trinajstić information content (AvgIpc) is 2.81. The summed E-state index contributed by atoms with van der Waals surface area (Å²) in [6.45, 7) is 0.0131. The maximum Gasteiger partial charge on any atom is 0.271 e. The number of amides is 1. The van der Waals surface area contributed by atoms with Crippen molar-refractivity contribution in [1.29, 1.82) is 0 Å². The fourth-order valence-corrected chi connectivity index (χ4v) is 3.90. The van der Waals surface area contributed by atoms with Gasteiger partial charge < -0.3 is 10.1 Å². The number of rotatable bonds is 4. The molecule has 1 amide bonds. The second-order valence-corrected chi connectivity index (χ2v) is 8.48. The van der Waals surface area contributed by atoms with Gasteiger partial charge in [0.05, 0.1) is 16.9 Å². The van der Waals surface area contributed by atoms with Gasteiger partial charge in [0.2, 0.25) is 10.0 Å². The Hall–Kier alpha value is -2.85. The van der Waals surface area contributed by atoms with Crippen LogP contribution in [0.2, 0.25) is 5.02 Å². The quantitative estimate of drug-likeness (QED) is 0.594. The minimum Gasteiger partial charge on any atom is -0.478 e. The van der Waals surface area contributed by atoms with Gasteiger partial charge in [0, 0.05) is 35.8 Å². The maximum atomic E-state index is 12.6. The van der Waals surface area contributed by atoms with E-state index < -0.39 is 27.0 Å². The molecule has 3 rings (SSSR count). The third kappa shape index (κ3) is 4.34. The zero-order valence-corrected chi connectivity index (χ0v) is 16.2. The summed E-state index contributed by atoms with van der Waals surface area (Å²) in [4.78, 5) is 22.9. The number of sulfonamides is 1. The number of ether oxygens (including phenoxy) is 1. The van der Waals surface area contributed by atoms with Crippen molar-refractivity contribution in [3.63, 3.8) is 0 Å². The highest BCUT2D eigenvalue weighted by Gasteiger charge is 2.31. The van der Waals surface area contributed by atoms with Crippen LogP contribution in [0.25, 0.3) is 0 Å². The largest absolute Gasteiger partial charge is 0.478 e. The van der Waals surface area contributed by atoms with Crippen LogP contribution in [0, 0.1) is 10.1 Å². The number of nitrogens with one attached hydrogen (secondary N) is 1. The lowest BCUT2D eigenvalue weighted by atomic mass is 10.2. The Labute approximate surface area is 166 Å². The predicted octanol–water partition coefficient (Wildman–Crippen LogP) is 2.80. The highest BCUT2D eigenvalue weighted by molar-refractivity contribution is 7.92. The SMILES string of the molecule is CS(=O)(=O)N1CCC(C(=O)Nc2cccc([N+](=O)[O-])c2)Oc2ccc(Cl)cc21. The minimum absolute atomic E-state index is 0.0131. The van der Waals surface area contributed by atoms with Crippen molar-refractivity contribution in [2.45, 2.75) is 12.5 Å². The first-order chi connectivity index (χ1) is 13.1. The van der Waals surface area contributed by atoms with Gasteiger partial charge >= 0.3 is 0 Å². The van der Waals surface area contributed by atoms with Crippen LogP contribution in [0.5, 0.6) is 5.75 Å². The van der Waals surface area contributed by atoms with E-state index >= 15 is 0 Å². The van der Waals surface area contributed by atoms with E-state index in [9.17, 15) is 23.3 Å². The molecule has 1 unspecified atom stereocenters. The fourth-order valence-electron chi connectivity index (χ4n) is 2.80. The van der Waals surface area contributed by atoms with Crippen LogP contribution in [0.4, 0.5) is 17.1 Å². The summed E-state index contributed by atoms with van der Waals surface area (Å²) in [5.41, 5.74) is 0.326. The predicted molar refractivity (Wildman–Crippen MR) is 104 cm³/mol. The molecule has 0 aromatic heterocycles. The fraction of sp³-hybridized carbons (Fsp3) is 0.235. The van der Waals surface area contributed by atoms with Gasteiger partial charge in [0.1, 0.15) is 5.75 Å². The van der Waals surface area contributed by atoms with E-state index in [1.165, 1.54) is 42.5 Å². The number of carbonyl (C=O) groups excluding carboxylic acids is 1. The van der Waals surface area contributed by atoms with Crippen LogP contribution in [-0.2, 0) is 14.8 Å². The van der Waals surface area contributed by atoms with Gasteiger partial charge in [0.25, 0.3) is 11.6 Å². The lowest BCUT2D eigenvalue weighted by Gasteiger charge is -2.21. The van der Waals surface area contributed by atoms with Crippen molar-refractivity contribution in [1.82, 2.24) is 0 Å². The molecule has 2 aromatic carbocycles. The zero-order valence-electron chi connectivity index (χ0n) is 14.7. The number of nitro groups is 1. The Morgan fingerprint density at radius 2 is 2.07 bits per heavy atom. The number of non-ortho nitro benzene ring substituents is 1. The topological polar surface area (TPSA) is 119 Å². The summed E-state index contributed by atoms with van der Waals surface area (Å²) in [5, 5.41) is 13.8. The molecule has 0 fully saturated rings. The first kappa shape index (κ1) is 19.9. The average molecular weight is 426 g/mol. The molecular weight excluding hydrogens is 410 g/mol. The molecule has 0 radical (unpaired) electrons. The molecule has 1 heterocycles. The molecule has 11 heteroatoms. The lowest BCUT2D eigenvalue weighted by Crippen LogP contribution is -2.35. The summed E-state index contributed by atoms with van der Waals surface area (Å²) in [6, 6.07) is 9.98. The van der Waals surface area contributed by atoms with E-state index in [-0.39, 0.29) is 35.8 Å². The summed E-state index contributed by atoms with van der Waals surface area (Å²) in [5.74, 6) is -0.344. The molecule has 2 aromatic rings. The molecule has 0 saturated heterocycles. The normalized spacial score (nSPS) is 16.5. The summed E-state index contributed by atoms with van der Waals surface area (Å²) in [7, 11) is -3.61. The van der Waals surface area contributed by atoms with Crippen LogP contribution in [0.3, 0.4) is 0 Å². The molecule has 0 saturated carbocycles. The number of carbonyl (C=O) groups is 1. The van der Waals surface area contributed by atoms with Crippen molar-refractivity contribution in [3.8, 4) is 5.75 Å². The molecule has 9 nitrogen and oxygen atoms in total. The third-order valence-corrected chi connectivity index (χ3v) is 5.49. The van der Waals surface area contributed by atoms with Crippen LogP contribution in [0.1, 0.15) is 6.42 Å². The van der Waals surface area contributed by atoms with E-state index in [1.807, 2.05) is 0 Å². The number of hydrogen-bond donors (Lipinski definition) is 1. The highest BCUT2D eigenvalue weighted by atomic mass is 35.5. The Bertz CT molecular complexity index is 1040. The highest BCUT2D eigenvalue weighted by Crippen LogP contribution is 2.36. The minimum atomic E-state index is -3.61. The van der Waals surface area contributed by atoms with E-state index in [2.05, 4.69) is 5.32 Å². The molecule has 1 aliphatic rings. The Kier molecular flexibility index (Phi) is 5.43. The van der Waals surface area contributed by atoms with Gasteiger partial charge in [-0.15, -0.1) is 0 Å². The molecule has 1 atom stereocenters. The second kappa shape index (κ2) is 7.64. The van der Waals surface area contributed by atoms with Crippen LogP contribution >= 0.6 is 11.6 Å². The first-order valence-electron chi connectivity index (χ1n) is 8.14. The first-order valence-corrected chi connectivity index (χ1v) is 10.4. The van der Waals surface area contributed by atoms with E-state index in [0.717, 1.165) is 10.6 Å². The standard InChI is InChI=1S/C17H16ClN3O6S/c1-28(25,26)20-8-7-16(27-15-6-5-11(18)9-14(15)20)17(22)19-12-3-2-4-13(10-12)21(23)24/h2-6,9-10,16H,7-8H2,1H3,(H,19,22).